The van der Waals surface area contributed by atoms with Gasteiger partial charge in [-0.25, -0.2) is 4.90 Å². The third-order valence-electron chi connectivity index (χ3n) is 5.39. The fourth-order valence-corrected chi connectivity index (χ4v) is 4.49. The van der Waals surface area contributed by atoms with Crippen LogP contribution in [-0.4, -0.2) is 42.0 Å². The maximum absolute atomic E-state index is 13.6. The first kappa shape index (κ1) is 20.6. The summed E-state index contributed by atoms with van der Waals surface area (Å²) >= 11 is 6.06. The van der Waals surface area contributed by atoms with Gasteiger partial charge in [-0.1, -0.05) is 29.8 Å². The molecule has 2 amide bonds. The molecule has 0 aliphatic carbocycles. The minimum Gasteiger partial charge on any atom is -0.372 e. The van der Waals surface area contributed by atoms with Crippen LogP contribution in [0.25, 0.3) is 5.57 Å². The van der Waals surface area contributed by atoms with Gasteiger partial charge >= 0.3 is 0 Å². The smallest absolute Gasteiger partial charge is 0.282 e. The summed E-state index contributed by atoms with van der Waals surface area (Å²) in [5.41, 5.74) is 4.13. The van der Waals surface area contributed by atoms with E-state index in [1.54, 1.807) is 24.3 Å². The first-order valence-corrected chi connectivity index (χ1v) is 10.5. The molecule has 0 radical (unpaired) electrons. The lowest BCUT2D eigenvalue weighted by molar-refractivity contribution is -0.121. The lowest BCUT2D eigenvalue weighted by atomic mass is 10.0. The van der Waals surface area contributed by atoms with Gasteiger partial charge < -0.3 is 9.64 Å². The molecule has 0 saturated carbocycles. The van der Waals surface area contributed by atoms with Crippen LogP contribution in [-0.2, 0) is 14.3 Å². The molecule has 2 heterocycles. The Morgan fingerprint density at radius 2 is 1.47 bits per heavy atom. The fraction of sp³-hybridized carbons (Fsp3) is 0.333. The van der Waals surface area contributed by atoms with Gasteiger partial charge in [0.2, 0.25) is 0 Å². The molecule has 2 atom stereocenters. The summed E-state index contributed by atoms with van der Waals surface area (Å²) in [6, 6.07) is 12.8. The number of hydrogen-bond donors (Lipinski definition) is 0. The van der Waals surface area contributed by atoms with Crippen molar-refractivity contribution in [2.45, 2.75) is 39.9 Å². The fourth-order valence-electron chi connectivity index (χ4n) is 4.36. The molecule has 0 spiro atoms. The van der Waals surface area contributed by atoms with Gasteiger partial charge in [-0.2, -0.15) is 0 Å². The summed E-state index contributed by atoms with van der Waals surface area (Å²) in [5, 5.41) is 0.581. The Balaban J connectivity index is 1.85. The van der Waals surface area contributed by atoms with E-state index in [9.17, 15) is 9.59 Å². The number of aryl methyl sites for hydroxylation is 2. The van der Waals surface area contributed by atoms with Gasteiger partial charge in [0.1, 0.15) is 5.70 Å². The van der Waals surface area contributed by atoms with Crippen molar-refractivity contribution in [3.63, 3.8) is 0 Å². The third-order valence-corrected chi connectivity index (χ3v) is 5.64. The number of hydrogen-bond acceptors (Lipinski definition) is 4. The van der Waals surface area contributed by atoms with Gasteiger partial charge in [0.15, 0.2) is 0 Å². The van der Waals surface area contributed by atoms with Crippen LogP contribution in [0.3, 0.4) is 0 Å². The Hall–Kier alpha value is -2.63. The zero-order chi connectivity index (χ0) is 21.6. The Labute approximate surface area is 181 Å². The molecule has 0 aromatic heterocycles. The Morgan fingerprint density at radius 3 is 2.03 bits per heavy atom. The number of benzene rings is 2. The van der Waals surface area contributed by atoms with E-state index in [2.05, 4.69) is 0 Å². The van der Waals surface area contributed by atoms with Gasteiger partial charge in [-0.3, -0.25) is 9.59 Å². The van der Waals surface area contributed by atoms with Gasteiger partial charge in [0, 0.05) is 18.1 Å². The van der Waals surface area contributed by atoms with Crippen molar-refractivity contribution >= 4 is 34.7 Å². The summed E-state index contributed by atoms with van der Waals surface area (Å²) < 4.78 is 5.85. The summed E-state index contributed by atoms with van der Waals surface area (Å²) in [6.07, 6.45) is -0.0724. The predicted molar refractivity (Wildman–Crippen MR) is 118 cm³/mol. The van der Waals surface area contributed by atoms with E-state index >= 15 is 0 Å². The normalized spacial score (nSPS) is 22.3. The number of carbonyl (C=O) groups excluding carboxylic acids is 2. The van der Waals surface area contributed by atoms with E-state index in [1.165, 1.54) is 4.90 Å². The molecule has 2 aliphatic rings. The molecule has 5 nitrogen and oxygen atoms in total. The third kappa shape index (κ3) is 3.75. The maximum Gasteiger partial charge on any atom is 0.282 e. The minimum atomic E-state index is -0.311. The van der Waals surface area contributed by atoms with Gasteiger partial charge in [-0.05, 0) is 68.7 Å². The molecule has 6 heteroatoms. The quantitative estimate of drug-likeness (QED) is 0.687. The summed E-state index contributed by atoms with van der Waals surface area (Å²) in [4.78, 5) is 30.5. The Morgan fingerprint density at radius 1 is 0.900 bits per heavy atom. The SMILES string of the molecule is Cc1cc(C)cc(N2C(=O)C(c3ccc(Cl)cc3)=C(N3CC(C)OC(C)C3)C2=O)c1. The van der Waals surface area contributed by atoms with Gasteiger partial charge in [0.05, 0.1) is 23.5 Å². The molecule has 1 saturated heterocycles. The van der Waals surface area contributed by atoms with Crippen LogP contribution in [0.15, 0.2) is 48.2 Å². The van der Waals surface area contributed by atoms with Gasteiger partial charge in [-0.15, -0.1) is 0 Å². The van der Waals surface area contributed by atoms with E-state index in [0.29, 0.717) is 40.6 Å². The largest absolute Gasteiger partial charge is 0.372 e. The molecule has 156 valence electrons. The summed E-state index contributed by atoms with van der Waals surface area (Å²) in [5.74, 6) is -0.606. The lowest BCUT2D eigenvalue weighted by Gasteiger charge is -2.37. The number of ether oxygens (including phenoxy) is 1. The number of anilines is 1. The van der Waals surface area contributed by atoms with E-state index in [-0.39, 0.29) is 24.0 Å². The van der Waals surface area contributed by atoms with Gasteiger partial charge in [0.25, 0.3) is 11.8 Å². The van der Waals surface area contributed by atoms with Crippen molar-refractivity contribution in [3.05, 3.63) is 69.9 Å². The molecule has 0 N–H and O–H groups in total. The summed E-state index contributed by atoms with van der Waals surface area (Å²) in [6.45, 7) is 8.98. The van der Waals surface area contributed by atoms with E-state index in [4.69, 9.17) is 16.3 Å². The topological polar surface area (TPSA) is 49.9 Å². The Bertz CT molecular complexity index is 1010. The van der Waals surface area contributed by atoms with Crippen molar-refractivity contribution in [1.82, 2.24) is 4.90 Å². The zero-order valence-electron chi connectivity index (χ0n) is 17.6. The van der Waals surface area contributed by atoms with Crippen LogP contribution >= 0.6 is 11.6 Å². The van der Waals surface area contributed by atoms with Crippen LogP contribution in [0.4, 0.5) is 5.69 Å². The maximum atomic E-state index is 13.6. The van der Waals surface area contributed by atoms with Crippen LogP contribution in [0.1, 0.15) is 30.5 Å². The van der Waals surface area contributed by atoms with Crippen LogP contribution in [0.2, 0.25) is 5.02 Å². The second kappa shape index (κ2) is 7.89. The average Bonchev–Trinajstić information content (AvgIpc) is 2.91. The molecule has 2 aromatic carbocycles. The number of imide groups is 1. The highest BCUT2D eigenvalue weighted by Gasteiger charge is 2.43. The molecule has 2 unspecified atom stereocenters. The van der Waals surface area contributed by atoms with E-state index in [0.717, 1.165) is 11.1 Å². The molecule has 2 aliphatic heterocycles. The van der Waals surface area contributed by atoms with Crippen molar-refractivity contribution in [1.29, 1.82) is 0 Å². The molecular formula is C24H25ClN2O3. The predicted octanol–water partition coefficient (Wildman–Crippen LogP) is 4.35. The van der Waals surface area contributed by atoms with Crippen LogP contribution in [0.5, 0.6) is 0 Å². The summed E-state index contributed by atoms with van der Waals surface area (Å²) in [7, 11) is 0. The van der Waals surface area contributed by atoms with E-state index < -0.39 is 0 Å². The standard InChI is InChI=1S/C24H25ClN2O3/c1-14-9-15(2)11-20(10-14)27-23(28)21(18-5-7-19(25)8-6-18)22(24(27)29)26-12-16(3)30-17(4)13-26/h5-11,16-17H,12-13H2,1-4H3. The molecule has 0 bridgehead atoms. The average molecular weight is 425 g/mol. The van der Waals surface area contributed by atoms with Crippen LogP contribution in [0, 0.1) is 13.8 Å². The monoisotopic (exact) mass is 424 g/mol. The first-order valence-electron chi connectivity index (χ1n) is 10.1. The zero-order valence-corrected chi connectivity index (χ0v) is 18.4. The second-order valence-electron chi connectivity index (χ2n) is 8.18. The highest BCUT2D eigenvalue weighted by atomic mass is 35.5. The second-order valence-corrected chi connectivity index (χ2v) is 8.62. The number of morpholine rings is 1. The molecule has 4 rings (SSSR count). The molecule has 1 fully saturated rings. The van der Waals surface area contributed by atoms with Crippen molar-refractivity contribution in [3.8, 4) is 0 Å². The number of amides is 2. The Kier molecular flexibility index (Phi) is 5.43. The molecule has 2 aromatic rings. The highest BCUT2D eigenvalue weighted by Crippen LogP contribution is 2.36. The van der Waals surface area contributed by atoms with Crippen molar-refractivity contribution in [2.24, 2.45) is 0 Å². The molecule has 30 heavy (non-hydrogen) atoms. The number of carbonyl (C=O) groups is 2. The van der Waals surface area contributed by atoms with Crippen LogP contribution < -0.4 is 4.90 Å². The lowest BCUT2D eigenvalue weighted by Crippen LogP contribution is -2.47. The minimum absolute atomic E-state index is 0.0362. The number of rotatable bonds is 3. The van der Waals surface area contributed by atoms with Crippen molar-refractivity contribution < 1.29 is 14.3 Å². The number of nitrogens with zero attached hydrogens (tertiary/aromatic N) is 2. The first-order chi connectivity index (χ1) is 14.2. The number of halogens is 1. The molecular weight excluding hydrogens is 400 g/mol. The van der Waals surface area contributed by atoms with Crippen molar-refractivity contribution in [2.75, 3.05) is 18.0 Å². The highest BCUT2D eigenvalue weighted by molar-refractivity contribution is 6.45. The van der Waals surface area contributed by atoms with E-state index in [1.807, 2.05) is 50.8 Å².